The van der Waals surface area contributed by atoms with Gasteiger partial charge in [0.1, 0.15) is 6.54 Å². The molecule has 1 aliphatic rings. The van der Waals surface area contributed by atoms with Crippen LogP contribution >= 0.6 is 23.2 Å². The van der Waals surface area contributed by atoms with E-state index in [1.54, 1.807) is 0 Å². The van der Waals surface area contributed by atoms with Crippen LogP contribution in [0.4, 0.5) is 5.69 Å². The lowest BCUT2D eigenvalue weighted by Crippen LogP contribution is -2.41. The number of carbonyl (C=O) groups excluding carboxylic acids is 1. The van der Waals surface area contributed by atoms with Gasteiger partial charge in [-0.2, -0.15) is 0 Å². The van der Waals surface area contributed by atoms with Crippen LogP contribution in [-0.2, 0) is 14.8 Å². The number of nitrogens with one attached hydrogen (secondary N) is 1. The molecule has 0 radical (unpaired) electrons. The van der Waals surface area contributed by atoms with Gasteiger partial charge >= 0.3 is 0 Å². The molecule has 0 spiro atoms. The summed E-state index contributed by atoms with van der Waals surface area (Å²) < 4.78 is 25.2. The minimum absolute atomic E-state index is 0.237. The molecule has 6 nitrogen and oxygen atoms in total. The van der Waals surface area contributed by atoms with Gasteiger partial charge in [-0.05, 0) is 57.1 Å². The van der Waals surface area contributed by atoms with Crippen molar-refractivity contribution in [3.05, 3.63) is 28.2 Å². The van der Waals surface area contributed by atoms with E-state index in [-0.39, 0.29) is 17.5 Å². The molecule has 1 N–H and O–H groups in total. The highest BCUT2D eigenvalue weighted by molar-refractivity contribution is 7.92. The number of nitrogens with zero attached hydrogens (tertiary/aromatic N) is 2. The molecule has 27 heavy (non-hydrogen) atoms. The van der Waals surface area contributed by atoms with Gasteiger partial charge in [-0.1, -0.05) is 36.0 Å². The summed E-state index contributed by atoms with van der Waals surface area (Å²) in [7, 11) is -3.63. The molecule has 2 rings (SSSR count). The van der Waals surface area contributed by atoms with E-state index in [1.807, 2.05) is 0 Å². The number of amides is 1. The number of hydrogen-bond donors (Lipinski definition) is 1. The van der Waals surface area contributed by atoms with E-state index in [9.17, 15) is 13.2 Å². The molecule has 0 bridgehead atoms. The van der Waals surface area contributed by atoms with Crippen molar-refractivity contribution in [2.75, 3.05) is 43.3 Å². The summed E-state index contributed by atoms with van der Waals surface area (Å²) >= 11 is 11.9. The minimum atomic E-state index is -3.63. The highest BCUT2D eigenvalue weighted by atomic mass is 35.5. The Morgan fingerprint density at radius 1 is 1.15 bits per heavy atom. The Hall–Kier alpha value is -1.02. The van der Waals surface area contributed by atoms with Crippen LogP contribution in [0.3, 0.4) is 0 Å². The monoisotopic (exact) mass is 435 g/mol. The Morgan fingerprint density at radius 2 is 1.81 bits per heavy atom. The Labute approximate surface area is 171 Å². The summed E-state index contributed by atoms with van der Waals surface area (Å²) in [6.45, 7) is 3.41. The highest BCUT2D eigenvalue weighted by Crippen LogP contribution is 2.28. The van der Waals surface area contributed by atoms with Crippen molar-refractivity contribution >= 4 is 44.8 Å². The summed E-state index contributed by atoms with van der Waals surface area (Å²) in [6, 6.07) is 4.48. The molecule has 1 fully saturated rings. The second kappa shape index (κ2) is 10.5. The zero-order valence-corrected chi connectivity index (χ0v) is 17.9. The minimum Gasteiger partial charge on any atom is -0.354 e. The topological polar surface area (TPSA) is 69.7 Å². The van der Waals surface area contributed by atoms with Crippen LogP contribution in [0.5, 0.6) is 0 Å². The van der Waals surface area contributed by atoms with Crippen molar-refractivity contribution in [2.24, 2.45) is 0 Å². The maximum atomic E-state index is 12.2. The molecule has 1 aromatic carbocycles. The summed E-state index contributed by atoms with van der Waals surface area (Å²) in [6.07, 6.45) is 6.96. The van der Waals surface area contributed by atoms with E-state index in [2.05, 4.69) is 10.2 Å². The van der Waals surface area contributed by atoms with E-state index in [0.717, 1.165) is 36.6 Å². The number of carbonyl (C=O) groups is 1. The quantitative estimate of drug-likeness (QED) is 0.636. The molecule has 1 aromatic rings. The number of benzene rings is 1. The molecule has 0 unspecified atom stereocenters. The fraction of sp³-hybridized carbons (Fsp3) is 0.611. The molecule has 0 atom stereocenters. The first-order valence-electron chi connectivity index (χ1n) is 9.19. The van der Waals surface area contributed by atoms with Crippen molar-refractivity contribution in [3.63, 3.8) is 0 Å². The van der Waals surface area contributed by atoms with Gasteiger partial charge in [-0.3, -0.25) is 9.10 Å². The Kier molecular flexibility index (Phi) is 8.66. The average Bonchev–Trinajstić information content (AvgIpc) is 2.87. The second-order valence-electron chi connectivity index (χ2n) is 6.83. The first kappa shape index (κ1) is 22.3. The number of halogens is 2. The van der Waals surface area contributed by atoms with Crippen molar-refractivity contribution < 1.29 is 13.2 Å². The molecule has 1 saturated heterocycles. The molecule has 9 heteroatoms. The molecule has 0 aliphatic carbocycles. The zero-order valence-electron chi connectivity index (χ0n) is 15.6. The van der Waals surface area contributed by atoms with Gasteiger partial charge in [0, 0.05) is 6.54 Å². The van der Waals surface area contributed by atoms with Crippen LogP contribution < -0.4 is 9.62 Å². The maximum Gasteiger partial charge on any atom is 0.240 e. The third kappa shape index (κ3) is 7.49. The zero-order chi connectivity index (χ0) is 19.9. The van der Waals surface area contributed by atoms with Crippen molar-refractivity contribution in [3.8, 4) is 0 Å². The maximum absolute atomic E-state index is 12.2. The number of anilines is 1. The molecular formula is C18H27Cl2N3O3S. The fourth-order valence-corrected chi connectivity index (χ4v) is 4.26. The average molecular weight is 436 g/mol. The van der Waals surface area contributed by atoms with Crippen LogP contribution in [0.2, 0.25) is 10.0 Å². The van der Waals surface area contributed by atoms with Crippen LogP contribution in [0.15, 0.2) is 18.2 Å². The lowest BCUT2D eigenvalue weighted by atomic mass is 10.2. The summed E-state index contributed by atoms with van der Waals surface area (Å²) in [5, 5.41) is 3.37. The van der Waals surface area contributed by atoms with Crippen molar-refractivity contribution in [2.45, 2.75) is 32.1 Å². The van der Waals surface area contributed by atoms with Crippen LogP contribution in [0.1, 0.15) is 32.1 Å². The van der Waals surface area contributed by atoms with Crippen molar-refractivity contribution in [1.29, 1.82) is 0 Å². The Morgan fingerprint density at radius 3 is 2.41 bits per heavy atom. The summed E-state index contributed by atoms with van der Waals surface area (Å²) in [5.41, 5.74) is 0.312. The molecule has 1 amide bonds. The molecular weight excluding hydrogens is 409 g/mol. The number of hydrogen-bond acceptors (Lipinski definition) is 4. The summed E-state index contributed by atoms with van der Waals surface area (Å²) in [5.74, 6) is -0.345. The van der Waals surface area contributed by atoms with Gasteiger partial charge in [-0.15, -0.1) is 0 Å². The molecule has 0 aromatic heterocycles. The predicted molar refractivity (Wildman–Crippen MR) is 111 cm³/mol. The third-order valence-electron chi connectivity index (χ3n) is 4.55. The standard InChI is InChI=1S/C18H27Cl2N3O3S/c1-27(25,26)23(15-7-8-16(19)17(20)13-15)14-18(24)21-9-6-12-22-10-4-2-3-5-11-22/h7-8,13H,2-6,9-12,14H2,1H3,(H,21,24). The fourth-order valence-electron chi connectivity index (χ4n) is 3.12. The molecule has 1 aliphatic heterocycles. The van der Waals surface area contributed by atoms with Gasteiger partial charge in [0.15, 0.2) is 0 Å². The normalized spacial score (nSPS) is 16.0. The van der Waals surface area contributed by atoms with E-state index in [4.69, 9.17) is 23.2 Å². The second-order valence-corrected chi connectivity index (χ2v) is 9.55. The van der Waals surface area contributed by atoms with E-state index >= 15 is 0 Å². The van der Waals surface area contributed by atoms with Gasteiger partial charge in [0.2, 0.25) is 15.9 Å². The van der Waals surface area contributed by atoms with Crippen LogP contribution in [0.25, 0.3) is 0 Å². The highest BCUT2D eigenvalue weighted by Gasteiger charge is 2.21. The van der Waals surface area contributed by atoms with Crippen LogP contribution in [-0.4, -0.2) is 58.2 Å². The number of likely N-dealkylation sites (tertiary alicyclic amines) is 1. The largest absolute Gasteiger partial charge is 0.354 e. The lowest BCUT2D eigenvalue weighted by Gasteiger charge is -2.23. The van der Waals surface area contributed by atoms with Crippen LogP contribution in [0, 0.1) is 0 Å². The molecule has 0 saturated carbocycles. The number of rotatable bonds is 8. The number of sulfonamides is 1. The summed E-state index contributed by atoms with van der Waals surface area (Å²) in [4.78, 5) is 14.7. The van der Waals surface area contributed by atoms with Gasteiger partial charge in [0.25, 0.3) is 0 Å². The predicted octanol–water partition coefficient (Wildman–Crippen LogP) is 3.14. The SMILES string of the molecule is CS(=O)(=O)N(CC(=O)NCCCN1CCCCCC1)c1ccc(Cl)c(Cl)c1. The van der Waals surface area contributed by atoms with Gasteiger partial charge in [-0.25, -0.2) is 8.42 Å². The lowest BCUT2D eigenvalue weighted by molar-refractivity contribution is -0.119. The van der Waals surface area contributed by atoms with E-state index in [0.29, 0.717) is 17.3 Å². The van der Waals surface area contributed by atoms with Crippen molar-refractivity contribution in [1.82, 2.24) is 10.2 Å². The first-order valence-corrected chi connectivity index (χ1v) is 11.8. The Balaban J connectivity index is 1.85. The molecule has 152 valence electrons. The van der Waals surface area contributed by atoms with Gasteiger partial charge < -0.3 is 10.2 Å². The molecule has 1 heterocycles. The smallest absolute Gasteiger partial charge is 0.240 e. The Bertz CT molecular complexity index is 735. The third-order valence-corrected chi connectivity index (χ3v) is 6.43. The van der Waals surface area contributed by atoms with E-state index in [1.165, 1.54) is 43.9 Å². The van der Waals surface area contributed by atoms with E-state index < -0.39 is 10.0 Å². The van der Waals surface area contributed by atoms with Gasteiger partial charge in [0.05, 0.1) is 22.0 Å². The first-order chi connectivity index (χ1) is 12.8.